The standard InChI is InChI=1S/C15H18N2O3/c18-14(19)13-8-4-1-5-11(13)9-10-16-15(20)17-12-6-2-3-7-12/h1-5,8,12H,6-7,9-10H2,(H,18,19)(H2,16,17,20). The van der Waals surface area contributed by atoms with Gasteiger partial charge in [-0.1, -0.05) is 30.4 Å². The van der Waals surface area contributed by atoms with Crippen molar-refractivity contribution in [3.63, 3.8) is 0 Å². The molecule has 0 fully saturated rings. The van der Waals surface area contributed by atoms with Crippen LogP contribution in [0.25, 0.3) is 0 Å². The van der Waals surface area contributed by atoms with Gasteiger partial charge in [0.25, 0.3) is 0 Å². The smallest absolute Gasteiger partial charge is 0.335 e. The molecule has 0 atom stereocenters. The third-order valence-corrected chi connectivity index (χ3v) is 3.27. The predicted molar refractivity (Wildman–Crippen MR) is 75.8 cm³/mol. The number of benzene rings is 1. The second kappa shape index (κ2) is 6.75. The SMILES string of the molecule is O=C(NCCc1ccccc1C(=O)O)NC1CC=CC1. The van der Waals surface area contributed by atoms with Crippen LogP contribution < -0.4 is 10.6 Å². The van der Waals surface area contributed by atoms with Gasteiger partial charge in [-0.05, 0) is 30.9 Å². The van der Waals surface area contributed by atoms with Crippen LogP contribution in [0, 0.1) is 0 Å². The van der Waals surface area contributed by atoms with Gasteiger partial charge >= 0.3 is 12.0 Å². The van der Waals surface area contributed by atoms with E-state index >= 15 is 0 Å². The Morgan fingerprint density at radius 3 is 2.60 bits per heavy atom. The van der Waals surface area contributed by atoms with Gasteiger partial charge in [0.2, 0.25) is 0 Å². The number of hydrogen-bond donors (Lipinski definition) is 3. The van der Waals surface area contributed by atoms with Crippen LogP contribution in [0.4, 0.5) is 4.79 Å². The van der Waals surface area contributed by atoms with E-state index in [4.69, 9.17) is 5.11 Å². The van der Waals surface area contributed by atoms with Crippen molar-refractivity contribution >= 4 is 12.0 Å². The number of carbonyl (C=O) groups excluding carboxylic acids is 1. The highest BCUT2D eigenvalue weighted by Crippen LogP contribution is 2.10. The van der Waals surface area contributed by atoms with E-state index in [1.807, 2.05) is 12.2 Å². The van der Waals surface area contributed by atoms with Crippen LogP contribution >= 0.6 is 0 Å². The molecule has 0 spiro atoms. The molecule has 1 aromatic carbocycles. The van der Waals surface area contributed by atoms with Gasteiger partial charge in [-0.25, -0.2) is 9.59 Å². The normalized spacial score (nSPS) is 14.2. The van der Waals surface area contributed by atoms with E-state index < -0.39 is 5.97 Å². The zero-order valence-electron chi connectivity index (χ0n) is 11.1. The Hall–Kier alpha value is -2.30. The first-order valence-corrected chi connectivity index (χ1v) is 6.67. The fourth-order valence-electron chi connectivity index (χ4n) is 2.23. The predicted octanol–water partition coefficient (Wildman–Crippen LogP) is 1.95. The van der Waals surface area contributed by atoms with Gasteiger partial charge in [-0.2, -0.15) is 0 Å². The largest absolute Gasteiger partial charge is 0.478 e. The van der Waals surface area contributed by atoms with Crippen molar-refractivity contribution in [2.45, 2.75) is 25.3 Å². The number of carbonyl (C=O) groups is 2. The highest BCUT2D eigenvalue weighted by Gasteiger charge is 2.13. The first-order chi connectivity index (χ1) is 9.66. The van der Waals surface area contributed by atoms with Gasteiger partial charge in [0.15, 0.2) is 0 Å². The maximum Gasteiger partial charge on any atom is 0.335 e. The lowest BCUT2D eigenvalue weighted by Gasteiger charge is -2.13. The van der Waals surface area contributed by atoms with E-state index in [1.165, 1.54) is 0 Å². The van der Waals surface area contributed by atoms with Gasteiger partial charge < -0.3 is 15.7 Å². The molecule has 1 aromatic rings. The molecule has 3 N–H and O–H groups in total. The third kappa shape index (κ3) is 3.85. The minimum Gasteiger partial charge on any atom is -0.478 e. The number of nitrogens with one attached hydrogen (secondary N) is 2. The summed E-state index contributed by atoms with van der Waals surface area (Å²) in [4.78, 5) is 22.7. The Balaban J connectivity index is 1.78. The highest BCUT2D eigenvalue weighted by molar-refractivity contribution is 5.89. The highest BCUT2D eigenvalue weighted by atomic mass is 16.4. The number of urea groups is 1. The van der Waals surface area contributed by atoms with Gasteiger partial charge in [-0.3, -0.25) is 0 Å². The second-order valence-corrected chi connectivity index (χ2v) is 4.75. The molecule has 1 aliphatic carbocycles. The summed E-state index contributed by atoms with van der Waals surface area (Å²) >= 11 is 0. The van der Waals surface area contributed by atoms with Crippen LogP contribution in [0.2, 0.25) is 0 Å². The Bertz CT molecular complexity index is 518. The molecule has 2 rings (SSSR count). The Kier molecular flexibility index (Phi) is 4.76. The Labute approximate surface area is 117 Å². The summed E-state index contributed by atoms with van der Waals surface area (Å²) in [6.45, 7) is 0.413. The van der Waals surface area contributed by atoms with Gasteiger partial charge in [0.05, 0.1) is 5.56 Å². The molecule has 20 heavy (non-hydrogen) atoms. The lowest BCUT2D eigenvalue weighted by Crippen LogP contribution is -2.41. The molecule has 106 valence electrons. The van der Waals surface area contributed by atoms with E-state index in [1.54, 1.807) is 24.3 Å². The first kappa shape index (κ1) is 14.1. The molecule has 5 heteroatoms. The average Bonchev–Trinajstić information content (AvgIpc) is 2.92. The number of carboxylic acids is 1. The molecule has 0 unspecified atom stereocenters. The summed E-state index contributed by atoms with van der Waals surface area (Å²) in [5.41, 5.74) is 1.01. The first-order valence-electron chi connectivity index (χ1n) is 6.67. The zero-order valence-corrected chi connectivity index (χ0v) is 11.1. The molecule has 0 bridgehead atoms. The van der Waals surface area contributed by atoms with E-state index in [0.29, 0.717) is 13.0 Å². The van der Waals surface area contributed by atoms with Crippen molar-refractivity contribution in [1.29, 1.82) is 0 Å². The second-order valence-electron chi connectivity index (χ2n) is 4.75. The molecule has 0 saturated heterocycles. The summed E-state index contributed by atoms with van der Waals surface area (Å²) < 4.78 is 0. The molecule has 0 aliphatic heterocycles. The van der Waals surface area contributed by atoms with Crippen LogP contribution in [-0.4, -0.2) is 29.7 Å². The molecule has 0 heterocycles. The molecule has 0 radical (unpaired) electrons. The summed E-state index contributed by atoms with van der Waals surface area (Å²) in [6.07, 6.45) is 6.34. The molecule has 2 amide bonds. The lowest BCUT2D eigenvalue weighted by molar-refractivity contribution is 0.0695. The molecular weight excluding hydrogens is 256 g/mol. The van der Waals surface area contributed by atoms with Crippen LogP contribution in [-0.2, 0) is 6.42 Å². The molecular formula is C15H18N2O3. The molecule has 0 saturated carbocycles. The Morgan fingerprint density at radius 2 is 1.90 bits per heavy atom. The van der Waals surface area contributed by atoms with Crippen molar-refractivity contribution in [2.24, 2.45) is 0 Å². The third-order valence-electron chi connectivity index (χ3n) is 3.27. The van der Waals surface area contributed by atoms with Crippen LogP contribution in [0.1, 0.15) is 28.8 Å². The van der Waals surface area contributed by atoms with E-state index in [0.717, 1.165) is 18.4 Å². The summed E-state index contributed by atoms with van der Waals surface area (Å²) in [5, 5.41) is 14.7. The van der Waals surface area contributed by atoms with Crippen molar-refractivity contribution in [1.82, 2.24) is 10.6 Å². The fourth-order valence-corrected chi connectivity index (χ4v) is 2.23. The van der Waals surface area contributed by atoms with Crippen molar-refractivity contribution < 1.29 is 14.7 Å². The maximum absolute atomic E-state index is 11.6. The molecule has 5 nitrogen and oxygen atoms in total. The number of rotatable bonds is 5. The summed E-state index contributed by atoms with van der Waals surface area (Å²) in [7, 11) is 0. The van der Waals surface area contributed by atoms with Crippen molar-refractivity contribution in [3.8, 4) is 0 Å². The van der Waals surface area contributed by atoms with Gasteiger partial charge in [0, 0.05) is 12.6 Å². The molecule has 0 aromatic heterocycles. The summed E-state index contributed by atoms with van der Waals surface area (Å²) in [6, 6.07) is 6.81. The van der Waals surface area contributed by atoms with Crippen LogP contribution in [0.5, 0.6) is 0 Å². The zero-order chi connectivity index (χ0) is 14.4. The average molecular weight is 274 g/mol. The maximum atomic E-state index is 11.6. The van der Waals surface area contributed by atoms with E-state index in [2.05, 4.69) is 10.6 Å². The molecule has 1 aliphatic rings. The van der Waals surface area contributed by atoms with Crippen molar-refractivity contribution in [3.05, 3.63) is 47.5 Å². The number of amides is 2. The number of hydrogen-bond acceptors (Lipinski definition) is 2. The van der Waals surface area contributed by atoms with E-state index in [-0.39, 0.29) is 17.6 Å². The van der Waals surface area contributed by atoms with Crippen LogP contribution in [0.3, 0.4) is 0 Å². The minimum absolute atomic E-state index is 0.182. The number of carboxylic acid groups (broad SMARTS) is 1. The fraction of sp³-hybridized carbons (Fsp3) is 0.333. The minimum atomic E-state index is -0.943. The van der Waals surface area contributed by atoms with Crippen LogP contribution in [0.15, 0.2) is 36.4 Å². The topological polar surface area (TPSA) is 78.4 Å². The number of aromatic carboxylic acids is 1. The quantitative estimate of drug-likeness (QED) is 0.718. The van der Waals surface area contributed by atoms with Gasteiger partial charge in [-0.15, -0.1) is 0 Å². The monoisotopic (exact) mass is 274 g/mol. The Morgan fingerprint density at radius 1 is 1.20 bits per heavy atom. The van der Waals surface area contributed by atoms with E-state index in [9.17, 15) is 9.59 Å². The van der Waals surface area contributed by atoms with Gasteiger partial charge in [0.1, 0.15) is 0 Å². The van der Waals surface area contributed by atoms with Crippen molar-refractivity contribution in [2.75, 3.05) is 6.54 Å². The lowest BCUT2D eigenvalue weighted by atomic mass is 10.0. The summed E-state index contributed by atoms with van der Waals surface area (Å²) in [5.74, 6) is -0.943.